The largest absolute Gasteiger partial charge is 0.396 e. The predicted molar refractivity (Wildman–Crippen MR) is 80.4 cm³/mol. The van der Waals surface area contributed by atoms with E-state index in [-0.39, 0.29) is 0 Å². The van der Waals surface area contributed by atoms with Crippen LogP contribution < -0.4 is 10.2 Å². The van der Waals surface area contributed by atoms with Crippen molar-refractivity contribution in [1.29, 1.82) is 0 Å². The van der Waals surface area contributed by atoms with Gasteiger partial charge in [-0.05, 0) is 43.9 Å². The van der Waals surface area contributed by atoms with E-state index in [1.165, 1.54) is 5.56 Å². The number of nitrogens with one attached hydrogen (secondary N) is 1. The van der Waals surface area contributed by atoms with E-state index in [2.05, 4.69) is 41.3 Å². The highest BCUT2D eigenvalue weighted by Gasteiger charge is 2.02. The zero-order valence-corrected chi connectivity index (χ0v) is 12.2. The average molecular weight is 265 g/mol. The normalized spacial score (nSPS) is 10.7. The SMILES string of the molecule is CCCNCc1ccc(N(C)CCCCCO)nc1. The van der Waals surface area contributed by atoms with Crippen LogP contribution in [-0.4, -0.2) is 36.8 Å². The van der Waals surface area contributed by atoms with Crippen molar-refractivity contribution in [2.24, 2.45) is 0 Å². The number of aromatic nitrogens is 1. The molecule has 0 bridgehead atoms. The quantitative estimate of drug-likeness (QED) is 0.637. The third-order valence-corrected chi connectivity index (χ3v) is 3.11. The van der Waals surface area contributed by atoms with Crippen molar-refractivity contribution in [3.63, 3.8) is 0 Å². The van der Waals surface area contributed by atoms with Crippen LogP contribution in [0.25, 0.3) is 0 Å². The number of aliphatic hydroxyl groups excluding tert-OH is 1. The van der Waals surface area contributed by atoms with Gasteiger partial charge in [-0.3, -0.25) is 0 Å². The Hall–Kier alpha value is -1.13. The minimum atomic E-state index is 0.293. The van der Waals surface area contributed by atoms with E-state index < -0.39 is 0 Å². The molecule has 108 valence electrons. The van der Waals surface area contributed by atoms with Crippen LogP contribution in [0.15, 0.2) is 18.3 Å². The summed E-state index contributed by atoms with van der Waals surface area (Å²) in [6.07, 6.45) is 6.16. The van der Waals surface area contributed by atoms with E-state index >= 15 is 0 Å². The predicted octanol–water partition coefficient (Wildman–Crippen LogP) is 2.18. The van der Waals surface area contributed by atoms with Crippen molar-refractivity contribution in [3.8, 4) is 0 Å². The van der Waals surface area contributed by atoms with Crippen molar-refractivity contribution in [3.05, 3.63) is 23.9 Å². The molecular weight excluding hydrogens is 238 g/mol. The molecule has 0 aliphatic heterocycles. The number of rotatable bonds is 10. The molecule has 0 atom stereocenters. The molecule has 0 radical (unpaired) electrons. The Labute approximate surface area is 116 Å². The zero-order chi connectivity index (χ0) is 13.9. The Balaban J connectivity index is 2.33. The first-order chi connectivity index (χ1) is 9.27. The van der Waals surface area contributed by atoms with Crippen LogP contribution in [0.2, 0.25) is 0 Å². The summed E-state index contributed by atoms with van der Waals surface area (Å²) < 4.78 is 0. The smallest absolute Gasteiger partial charge is 0.128 e. The minimum absolute atomic E-state index is 0.293. The van der Waals surface area contributed by atoms with E-state index in [0.717, 1.165) is 51.1 Å². The molecule has 0 amide bonds. The van der Waals surface area contributed by atoms with Crippen molar-refractivity contribution >= 4 is 5.82 Å². The first kappa shape index (κ1) is 15.9. The minimum Gasteiger partial charge on any atom is -0.396 e. The Morgan fingerprint density at radius 1 is 1.26 bits per heavy atom. The van der Waals surface area contributed by atoms with Gasteiger partial charge >= 0.3 is 0 Å². The van der Waals surface area contributed by atoms with Crippen LogP contribution in [0.1, 0.15) is 38.2 Å². The standard InChI is InChI=1S/C15H27N3O/c1-3-9-16-12-14-7-8-15(17-13-14)18(2)10-5-4-6-11-19/h7-8,13,16,19H,3-6,9-12H2,1-2H3. The van der Waals surface area contributed by atoms with Gasteiger partial charge < -0.3 is 15.3 Å². The van der Waals surface area contributed by atoms with E-state index in [0.29, 0.717) is 6.61 Å². The van der Waals surface area contributed by atoms with Crippen LogP contribution in [-0.2, 0) is 6.54 Å². The Kier molecular flexibility index (Phi) is 8.18. The topological polar surface area (TPSA) is 48.4 Å². The van der Waals surface area contributed by atoms with Crippen LogP contribution in [0, 0.1) is 0 Å². The van der Waals surface area contributed by atoms with Gasteiger partial charge in [-0.1, -0.05) is 13.0 Å². The van der Waals surface area contributed by atoms with Gasteiger partial charge in [0.15, 0.2) is 0 Å². The molecule has 0 saturated carbocycles. The second-order valence-electron chi connectivity index (χ2n) is 4.91. The Bertz CT molecular complexity index is 327. The van der Waals surface area contributed by atoms with Crippen molar-refractivity contribution in [2.45, 2.75) is 39.2 Å². The second kappa shape index (κ2) is 9.75. The third-order valence-electron chi connectivity index (χ3n) is 3.11. The summed E-state index contributed by atoms with van der Waals surface area (Å²) in [4.78, 5) is 6.66. The van der Waals surface area contributed by atoms with Gasteiger partial charge in [0.1, 0.15) is 5.82 Å². The fourth-order valence-corrected chi connectivity index (χ4v) is 1.91. The number of pyridine rings is 1. The summed E-state index contributed by atoms with van der Waals surface area (Å²) in [7, 11) is 2.07. The molecule has 1 heterocycles. The lowest BCUT2D eigenvalue weighted by Gasteiger charge is -2.18. The van der Waals surface area contributed by atoms with Gasteiger partial charge in [-0.25, -0.2) is 4.98 Å². The van der Waals surface area contributed by atoms with Crippen LogP contribution in [0.4, 0.5) is 5.82 Å². The summed E-state index contributed by atoms with van der Waals surface area (Å²) in [5.74, 6) is 1.02. The molecule has 1 aromatic rings. The van der Waals surface area contributed by atoms with Crippen molar-refractivity contribution in [1.82, 2.24) is 10.3 Å². The molecule has 19 heavy (non-hydrogen) atoms. The van der Waals surface area contributed by atoms with Crippen LogP contribution in [0.3, 0.4) is 0 Å². The maximum Gasteiger partial charge on any atom is 0.128 e. The number of aliphatic hydroxyl groups is 1. The van der Waals surface area contributed by atoms with E-state index in [1.54, 1.807) is 0 Å². The number of hydrogen-bond acceptors (Lipinski definition) is 4. The first-order valence-electron chi connectivity index (χ1n) is 7.25. The fourth-order valence-electron chi connectivity index (χ4n) is 1.91. The monoisotopic (exact) mass is 265 g/mol. The van der Waals surface area contributed by atoms with E-state index in [4.69, 9.17) is 5.11 Å². The molecule has 2 N–H and O–H groups in total. The number of anilines is 1. The van der Waals surface area contributed by atoms with Gasteiger partial charge in [0.2, 0.25) is 0 Å². The molecule has 4 nitrogen and oxygen atoms in total. The van der Waals surface area contributed by atoms with E-state index in [9.17, 15) is 0 Å². The number of hydrogen-bond donors (Lipinski definition) is 2. The highest BCUT2D eigenvalue weighted by Crippen LogP contribution is 2.10. The Morgan fingerprint density at radius 2 is 2.11 bits per heavy atom. The number of unbranched alkanes of at least 4 members (excludes halogenated alkanes) is 2. The molecule has 0 aromatic carbocycles. The van der Waals surface area contributed by atoms with Crippen LogP contribution >= 0.6 is 0 Å². The molecule has 0 spiro atoms. The van der Waals surface area contributed by atoms with E-state index in [1.807, 2.05) is 6.20 Å². The molecule has 0 aliphatic rings. The summed E-state index contributed by atoms with van der Waals surface area (Å²) in [5, 5.41) is 12.1. The van der Waals surface area contributed by atoms with Crippen LogP contribution in [0.5, 0.6) is 0 Å². The average Bonchev–Trinajstić information content (AvgIpc) is 2.44. The van der Waals surface area contributed by atoms with Gasteiger partial charge in [-0.15, -0.1) is 0 Å². The Morgan fingerprint density at radius 3 is 2.74 bits per heavy atom. The molecule has 1 rings (SSSR count). The van der Waals surface area contributed by atoms with Crippen molar-refractivity contribution in [2.75, 3.05) is 31.6 Å². The molecule has 0 aliphatic carbocycles. The molecule has 4 heteroatoms. The lowest BCUT2D eigenvalue weighted by molar-refractivity contribution is 0.283. The lowest BCUT2D eigenvalue weighted by atomic mass is 10.2. The summed E-state index contributed by atoms with van der Waals surface area (Å²) in [5.41, 5.74) is 1.23. The number of nitrogens with zero attached hydrogens (tertiary/aromatic N) is 2. The molecule has 0 saturated heterocycles. The fraction of sp³-hybridized carbons (Fsp3) is 0.667. The summed E-state index contributed by atoms with van der Waals surface area (Å²) in [6.45, 7) is 5.38. The maximum absolute atomic E-state index is 8.74. The highest BCUT2D eigenvalue weighted by atomic mass is 16.2. The lowest BCUT2D eigenvalue weighted by Crippen LogP contribution is -2.20. The first-order valence-corrected chi connectivity index (χ1v) is 7.25. The summed E-state index contributed by atoms with van der Waals surface area (Å²) in [6, 6.07) is 4.21. The van der Waals surface area contributed by atoms with Gasteiger partial charge in [0.25, 0.3) is 0 Å². The molecule has 0 fully saturated rings. The molecule has 1 aromatic heterocycles. The molecule has 0 unspecified atom stereocenters. The maximum atomic E-state index is 8.74. The van der Waals surface area contributed by atoms with Crippen molar-refractivity contribution < 1.29 is 5.11 Å². The van der Waals surface area contributed by atoms with Gasteiger partial charge in [0, 0.05) is 32.9 Å². The van der Waals surface area contributed by atoms with Gasteiger partial charge in [0.05, 0.1) is 0 Å². The molecular formula is C15H27N3O. The highest BCUT2D eigenvalue weighted by molar-refractivity contribution is 5.38. The summed E-state index contributed by atoms with van der Waals surface area (Å²) >= 11 is 0. The third kappa shape index (κ3) is 6.55. The zero-order valence-electron chi connectivity index (χ0n) is 12.2. The van der Waals surface area contributed by atoms with Gasteiger partial charge in [-0.2, -0.15) is 0 Å². The second-order valence-corrected chi connectivity index (χ2v) is 4.91.